The van der Waals surface area contributed by atoms with Crippen LogP contribution in [0.5, 0.6) is 0 Å². The van der Waals surface area contributed by atoms with Crippen LogP contribution in [0.25, 0.3) is 10.8 Å². The van der Waals surface area contributed by atoms with Crippen molar-refractivity contribution in [1.29, 1.82) is 0 Å². The summed E-state index contributed by atoms with van der Waals surface area (Å²) in [5.74, 6) is -0.994. The normalized spacial score (nSPS) is 10.4. The second-order valence-electron chi connectivity index (χ2n) is 4.16. The van der Waals surface area contributed by atoms with Crippen molar-refractivity contribution in [1.82, 2.24) is 5.32 Å². The van der Waals surface area contributed by atoms with Crippen molar-refractivity contribution in [3.05, 3.63) is 41.5 Å². The molecule has 0 aliphatic heterocycles. The highest BCUT2D eigenvalue weighted by Gasteiger charge is 2.19. The van der Waals surface area contributed by atoms with Crippen molar-refractivity contribution < 1.29 is 9.59 Å². The van der Waals surface area contributed by atoms with Crippen LogP contribution in [0.2, 0.25) is 0 Å². The smallest absolute Gasteiger partial charge is 0.252 e. The zero-order valence-corrected chi connectivity index (χ0v) is 10.6. The minimum absolute atomic E-state index is 0.141. The van der Waals surface area contributed by atoms with E-state index in [1.165, 1.54) is 6.07 Å². The van der Waals surface area contributed by atoms with E-state index in [9.17, 15) is 9.59 Å². The first kappa shape index (κ1) is 12.9. The Morgan fingerprint density at radius 1 is 1.21 bits per heavy atom. The molecule has 0 unspecified atom stereocenters. The molecule has 19 heavy (non-hydrogen) atoms. The van der Waals surface area contributed by atoms with Crippen LogP contribution in [-0.2, 0) is 0 Å². The third-order valence-electron chi connectivity index (χ3n) is 2.91. The van der Waals surface area contributed by atoms with E-state index >= 15 is 0 Å². The molecule has 2 rings (SSSR count). The third kappa shape index (κ3) is 2.22. The van der Waals surface area contributed by atoms with Gasteiger partial charge in [-0.2, -0.15) is 0 Å². The summed E-state index contributed by atoms with van der Waals surface area (Å²) in [6.07, 6.45) is 0. The Hall–Kier alpha value is -2.56. The molecule has 0 aliphatic carbocycles. The van der Waals surface area contributed by atoms with Crippen LogP contribution in [0.15, 0.2) is 30.3 Å². The minimum atomic E-state index is -0.668. The van der Waals surface area contributed by atoms with Crippen molar-refractivity contribution in [2.75, 3.05) is 12.3 Å². The van der Waals surface area contributed by atoms with Crippen LogP contribution in [0.4, 0.5) is 5.69 Å². The average molecular weight is 257 g/mol. The maximum Gasteiger partial charge on any atom is 0.252 e. The summed E-state index contributed by atoms with van der Waals surface area (Å²) in [4.78, 5) is 23.6. The molecule has 2 aromatic carbocycles. The van der Waals surface area contributed by atoms with Crippen LogP contribution in [-0.4, -0.2) is 18.4 Å². The number of primary amides is 1. The van der Waals surface area contributed by atoms with Gasteiger partial charge >= 0.3 is 0 Å². The number of nitrogens with one attached hydrogen (secondary N) is 1. The Balaban J connectivity index is 2.83. The highest BCUT2D eigenvalue weighted by Crippen LogP contribution is 2.28. The molecule has 0 heterocycles. The van der Waals surface area contributed by atoms with Gasteiger partial charge in [0.25, 0.3) is 5.91 Å². The highest BCUT2D eigenvalue weighted by molar-refractivity contribution is 6.17. The summed E-state index contributed by atoms with van der Waals surface area (Å²) in [5.41, 5.74) is 12.1. The molecule has 0 fully saturated rings. The van der Waals surface area contributed by atoms with E-state index in [1.54, 1.807) is 25.1 Å². The summed E-state index contributed by atoms with van der Waals surface area (Å²) in [7, 11) is 0. The lowest BCUT2D eigenvalue weighted by molar-refractivity contribution is 0.0939. The third-order valence-corrected chi connectivity index (χ3v) is 2.91. The Morgan fingerprint density at radius 2 is 1.84 bits per heavy atom. The van der Waals surface area contributed by atoms with Gasteiger partial charge in [0.1, 0.15) is 0 Å². The van der Waals surface area contributed by atoms with Gasteiger partial charge in [0.05, 0.1) is 11.1 Å². The summed E-state index contributed by atoms with van der Waals surface area (Å²) >= 11 is 0. The number of fused-ring (bicyclic) bond motifs is 1. The van der Waals surface area contributed by atoms with E-state index < -0.39 is 5.91 Å². The van der Waals surface area contributed by atoms with Gasteiger partial charge < -0.3 is 16.8 Å². The number of carbonyl (C=O) groups excluding carboxylic acids is 2. The van der Waals surface area contributed by atoms with Crippen LogP contribution in [0.3, 0.4) is 0 Å². The molecule has 0 spiro atoms. The number of nitrogen functional groups attached to an aromatic ring is 1. The molecule has 2 aromatic rings. The second-order valence-corrected chi connectivity index (χ2v) is 4.16. The van der Waals surface area contributed by atoms with Gasteiger partial charge in [-0.3, -0.25) is 9.59 Å². The van der Waals surface area contributed by atoms with Gasteiger partial charge in [0, 0.05) is 17.6 Å². The quantitative estimate of drug-likeness (QED) is 0.722. The van der Waals surface area contributed by atoms with Crippen LogP contribution >= 0.6 is 0 Å². The van der Waals surface area contributed by atoms with Gasteiger partial charge in [-0.15, -0.1) is 0 Å². The first-order valence-electron chi connectivity index (χ1n) is 5.95. The van der Waals surface area contributed by atoms with Gasteiger partial charge in [-0.1, -0.05) is 24.3 Å². The predicted octanol–water partition coefficient (Wildman–Crippen LogP) is 1.27. The molecule has 0 radical (unpaired) electrons. The lowest BCUT2D eigenvalue weighted by atomic mass is 9.96. The van der Waals surface area contributed by atoms with E-state index in [2.05, 4.69) is 5.32 Å². The van der Waals surface area contributed by atoms with Crippen molar-refractivity contribution in [3.8, 4) is 0 Å². The van der Waals surface area contributed by atoms with Gasteiger partial charge in [-0.05, 0) is 18.4 Å². The van der Waals surface area contributed by atoms with Crippen molar-refractivity contribution in [3.63, 3.8) is 0 Å². The summed E-state index contributed by atoms with van der Waals surface area (Å²) in [6, 6.07) is 8.62. The molecule has 0 atom stereocenters. The topological polar surface area (TPSA) is 98.2 Å². The maximum absolute atomic E-state index is 12.1. The van der Waals surface area contributed by atoms with E-state index in [1.807, 2.05) is 6.07 Å². The molecule has 5 nitrogen and oxygen atoms in total. The molecule has 5 N–H and O–H groups in total. The monoisotopic (exact) mass is 257 g/mol. The van der Waals surface area contributed by atoms with Crippen LogP contribution < -0.4 is 16.8 Å². The number of anilines is 1. The standard InChI is InChI=1S/C14H15N3O2/c1-2-17-14(19)12-9-6-4-3-5-8(9)11(15)7-10(12)13(16)18/h3-7H,2,15H2,1H3,(H2,16,18)(H,17,19). The fraction of sp³-hybridized carbons (Fsp3) is 0.143. The Bertz CT molecular complexity index is 665. The summed E-state index contributed by atoms with van der Waals surface area (Å²) < 4.78 is 0. The molecule has 2 amide bonds. The molecule has 0 bridgehead atoms. The van der Waals surface area contributed by atoms with E-state index in [0.717, 1.165) is 5.39 Å². The number of carbonyl (C=O) groups is 2. The van der Waals surface area contributed by atoms with E-state index in [0.29, 0.717) is 17.6 Å². The molecule has 0 saturated heterocycles. The zero-order chi connectivity index (χ0) is 14.0. The zero-order valence-electron chi connectivity index (χ0n) is 10.6. The largest absolute Gasteiger partial charge is 0.398 e. The van der Waals surface area contributed by atoms with E-state index in [4.69, 9.17) is 11.5 Å². The van der Waals surface area contributed by atoms with Crippen LogP contribution in [0, 0.1) is 0 Å². The number of hydrogen-bond donors (Lipinski definition) is 3. The molecule has 0 aliphatic rings. The summed E-state index contributed by atoms with van der Waals surface area (Å²) in [6.45, 7) is 2.27. The lowest BCUT2D eigenvalue weighted by Gasteiger charge is -2.12. The minimum Gasteiger partial charge on any atom is -0.398 e. The Labute approximate surface area is 110 Å². The lowest BCUT2D eigenvalue weighted by Crippen LogP contribution is -2.27. The number of rotatable bonds is 3. The molecule has 5 heteroatoms. The highest BCUT2D eigenvalue weighted by atomic mass is 16.2. The number of hydrogen-bond acceptors (Lipinski definition) is 3. The predicted molar refractivity (Wildman–Crippen MR) is 74.9 cm³/mol. The molecule has 0 aromatic heterocycles. The first-order valence-corrected chi connectivity index (χ1v) is 5.95. The fourth-order valence-electron chi connectivity index (χ4n) is 2.09. The molecular formula is C14H15N3O2. The van der Waals surface area contributed by atoms with E-state index in [-0.39, 0.29) is 17.0 Å². The van der Waals surface area contributed by atoms with Gasteiger partial charge in [-0.25, -0.2) is 0 Å². The molecular weight excluding hydrogens is 242 g/mol. The Kier molecular flexibility index (Phi) is 3.37. The van der Waals surface area contributed by atoms with Crippen molar-refractivity contribution in [2.24, 2.45) is 5.73 Å². The fourth-order valence-corrected chi connectivity index (χ4v) is 2.09. The van der Waals surface area contributed by atoms with Gasteiger partial charge in [0.2, 0.25) is 5.91 Å². The number of nitrogens with two attached hydrogens (primary N) is 2. The van der Waals surface area contributed by atoms with Crippen molar-refractivity contribution >= 4 is 28.3 Å². The van der Waals surface area contributed by atoms with Crippen LogP contribution in [0.1, 0.15) is 27.6 Å². The number of amides is 2. The number of benzene rings is 2. The second kappa shape index (κ2) is 4.97. The maximum atomic E-state index is 12.1. The molecule has 98 valence electrons. The average Bonchev–Trinajstić information content (AvgIpc) is 2.38. The SMILES string of the molecule is CCNC(=O)c1c(C(N)=O)cc(N)c2ccccc12. The summed E-state index contributed by atoms with van der Waals surface area (Å²) in [5, 5.41) is 4.04. The van der Waals surface area contributed by atoms with Gasteiger partial charge in [0.15, 0.2) is 0 Å². The molecule has 0 saturated carbocycles. The first-order chi connectivity index (χ1) is 9.06. The Morgan fingerprint density at radius 3 is 2.42 bits per heavy atom. The van der Waals surface area contributed by atoms with Crippen molar-refractivity contribution in [2.45, 2.75) is 6.92 Å².